The van der Waals surface area contributed by atoms with Crippen LogP contribution >= 0.6 is 24.0 Å². The van der Waals surface area contributed by atoms with Gasteiger partial charge in [-0.1, -0.05) is 13.3 Å². The number of nitrogens with zero attached hydrogens (tertiary/aromatic N) is 1. The fourth-order valence-corrected chi connectivity index (χ4v) is 2.31. The summed E-state index contributed by atoms with van der Waals surface area (Å²) in [4.78, 5) is 4.74. The van der Waals surface area contributed by atoms with Crippen molar-refractivity contribution in [3.63, 3.8) is 0 Å². The van der Waals surface area contributed by atoms with Crippen molar-refractivity contribution in [3.8, 4) is 0 Å². The normalized spacial score (nSPS) is 17.3. The number of hydrogen-bond donors (Lipinski definition) is 2. The van der Waals surface area contributed by atoms with E-state index in [1.54, 1.807) is 7.11 Å². The number of rotatable bonds is 8. The number of methoxy groups -OCH3 is 1. The molecule has 5 heteroatoms. The largest absolute Gasteiger partial charge is 0.385 e. The predicted molar refractivity (Wildman–Crippen MR) is 92.5 cm³/mol. The zero-order chi connectivity index (χ0) is 13.3. The van der Waals surface area contributed by atoms with Crippen LogP contribution < -0.4 is 10.6 Å². The van der Waals surface area contributed by atoms with E-state index in [9.17, 15) is 0 Å². The van der Waals surface area contributed by atoms with Crippen molar-refractivity contribution in [1.29, 1.82) is 0 Å². The summed E-state index contributed by atoms with van der Waals surface area (Å²) in [5.74, 6) is 0.961. The lowest BCUT2D eigenvalue weighted by Crippen LogP contribution is -2.40. The number of aliphatic imine (C=N–C) groups is 1. The summed E-state index contributed by atoms with van der Waals surface area (Å²) in [7, 11) is 1.78. The molecule has 0 atom stereocenters. The molecule has 0 aromatic rings. The van der Waals surface area contributed by atoms with Crippen molar-refractivity contribution in [3.05, 3.63) is 0 Å². The maximum atomic E-state index is 5.21. The summed E-state index contributed by atoms with van der Waals surface area (Å²) in [6, 6.07) is 0. The second-order valence-corrected chi connectivity index (χ2v) is 5.22. The van der Waals surface area contributed by atoms with Gasteiger partial charge < -0.3 is 15.4 Å². The summed E-state index contributed by atoms with van der Waals surface area (Å²) < 4.78 is 5.21. The molecule has 0 aromatic heterocycles. The van der Waals surface area contributed by atoms with Crippen LogP contribution in [-0.4, -0.2) is 39.3 Å². The summed E-state index contributed by atoms with van der Waals surface area (Å²) >= 11 is 0. The lowest BCUT2D eigenvalue weighted by atomic mass is 9.67. The van der Waals surface area contributed by atoms with Gasteiger partial charge in [0.25, 0.3) is 0 Å². The zero-order valence-corrected chi connectivity index (χ0v) is 15.0. The summed E-state index contributed by atoms with van der Waals surface area (Å²) in [5.41, 5.74) is 0.407. The van der Waals surface area contributed by atoms with Crippen LogP contribution in [-0.2, 0) is 4.74 Å². The van der Waals surface area contributed by atoms with Gasteiger partial charge in [-0.25, -0.2) is 0 Å². The number of halogens is 1. The van der Waals surface area contributed by atoms with Crippen LogP contribution in [0, 0.1) is 5.41 Å². The summed E-state index contributed by atoms with van der Waals surface area (Å²) in [5, 5.41) is 6.66. The molecule has 0 bridgehead atoms. The molecule has 0 unspecified atom stereocenters. The van der Waals surface area contributed by atoms with E-state index in [1.165, 1.54) is 19.3 Å². The molecule has 1 aliphatic rings. The Balaban J connectivity index is 0.00000324. The van der Waals surface area contributed by atoms with Crippen molar-refractivity contribution in [2.45, 2.75) is 46.0 Å². The fourth-order valence-electron chi connectivity index (χ4n) is 2.31. The molecular weight excluding hydrogens is 353 g/mol. The molecular formula is C14H30IN3O. The third-order valence-corrected chi connectivity index (χ3v) is 3.71. The molecule has 1 saturated carbocycles. The molecule has 4 nitrogen and oxygen atoms in total. The van der Waals surface area contributed by atoms with Crippen LogP contribution in [0.1, 0.15) is 46.0 Å². The number of hydrogen-bond acceptors (Lipinski definition) is 2. The average molecular weight is 383 g/mol. The number of nitrogens with one attached hydrogen (secondary N) is 2. The Labute approximate surface area is 135 Å². The first kappa shape index (κ1) is 19.0. The van der Waals surface area contributed by atoms with Crippen LogP contribution in [0.5, 0.6) is 0 Å². The van der Waals surface area contributed by atoms with Crippen molar-refractivity contribution >= 4 is 29.9 Å². The highest BCUT2D eigenvalue weighted by Gasteiger charge is 2.36. The highest BCUT2D eigenvalue weighted by molar-refractivity contribution is 14.0. The van der Waals surface area contributed by atoms with Crippen LogP contribution in [0.3, 0.4) is 0 Å². The van der Waals surface area contributed by atoms with Crippen molar-refractivity contribution in [2.75, 3.05) is 33.4 Å². The molecule has 114 valence electrons. The Bertz CT molecular complexity index is 255. The third-order valence-electron chi connectivity index (χ3n) is 3.71. The van der Waals surface area contributed by atoms with Gasteiger partial charge >= 0.3 is 0 Å². The van der Waals surface area contributed by atoms with Gasteiger partial charge in [0.1, 0.15) is 0 Å². The summed E-state index contributed by atoms with van der Waals surface area (Å²) in [6.45, 7) is 7.96. The van der Waals surface area contributed by atoms with E-state index in [2.05, 4.69) is 24.5 Å². The minimum absolute atomic E-state index is 0. The molecule has 19 heavy (non-hydrogen) atoms. The molecule has 0 radical (unpaired) electrons. The Morgan fingerprint density at radius 1 is 1.26 bits per heavy atom. The van der Waals surface area contributed by atoms with E-state index in [4.69, 9.17) is 9.73 Å². The van der Waals surface area contributed by atoms with Gasteiger partial charge in [-0.3, -0.25) is 4.99 Å². The average Bonchev–Trinajstić information content (AvgIpc) is 2.34. The molecule has 0 heterocycles. The van der Waals surface area contributed by atoms with E-state index in [1.807, 2.05) is 0 Å². The quantitative estimate of drug-likeness (QED) is 0.385. The maximum absolute atomic E-state index is 5.21. The molecule has 0 aliphatic heterocycles. The molecule has 0 aromatic carbocycles. The molecule has 0 spiro atoms. The molecule has 2 N–H and O–H groups in total. The monoisotopic (exact) mass is 383 g/mol. The Morgan fingerprint density at radius 2 is 2.00 bits per heavy atom. The van der Waals surface area contributed by atoms with Crippen LogP contribution in [0.2, 0.25) is 0 Å². The minimum atomic E-state index is 0. The van der Waals surface area contributed by atoms with Gasteiger partial charge in [-0.15, -0.1) is 24.0 Å². The summed E-state index contributed by atoms with van der Waals surface area (Å²) in [6.07, 6.45) is 6.21. The van der Waals surface area contributed by atoms with Crippen molar-refractivity contribution < 1.29 is 4.74 Å². The van der Waals surface area contributed by atoms with E-state index in [0.717, 1.165) is 45.0 Å². The van der Waals surface area contributed by atoms with Gasteiger partial charge in [0.2, 0.25) is 0 Å². The highest BCUT2D eigenvalue weighted by atomic mass is 127. The van der Waals surface area contributed by atoms with E-state index in [0.29, 0.717) is 5.41 Å². The second-order valence-electron chi connectivity index (χ2n) is 5.22. The molecule has 1 rings (SSSR count). The van der Waals surface area contributed by atoms with E-state index < -0.39 is 0 Å². The Hall–Kier alpha value is -0.0400. The maximum Gasteiger partial charge on any atom is 0.191 e. The number of guanidine groups is 1. The van der Waals surface area contributed by atoms with Gasteiger partial charge in [0, 0.05) is 33.4 Å². The van der Waals surface area contributed by atoms with Crippen LogP contribution in [0.25, 0.3) is 0 Å². The lowest BCUT2D eigenvalue weighted by Gasteiger charge is -2.40. The molecule has 0 amide bonds. The van der Waals surface area contributed by atoms with Gasteiger partial charge in [0.05, 0.1) is 0 Å². The molecule has 0 saturated heterocycles. The smallest absolute Gasteiger partial charge is 0.191 e. The minimum Gasteiger partial charge on any atom is -0.385 e. The topological polar surface area (TPSA) is 45.7 Å². The fraction of sp³-hybridized carbons (Fsp3) is 0.929. The first-order valence-corrected chi connectivity index (χ1v) is 7.27. The van der Waals surface area contributed by atoms with Crippen molar-refractivity contribution in [2.24, 2.45) is 10.4 Å². The van der Waals surface area contributed by atoms with Crippen LogP contribution in [0.15, 0.2) is 4.99 Å². The number of ether oxygens (including phenoxy) is 1. The first-order chi connectivity index (χ1) is 8.76. The van der Waals surface area contributed by atoms with E-state index >= 15 is 0 Å². The van der Waals surface area contributed by atoms with Gasteiger partial charge in [-0.2, -0.15) is 0 Å². The molecule has 1 fully saturated rings. The third kappa shape index (κ3) is 6.79. The first-order valence-electron chi connectivity index (χ1n) is 7.27. The lowest BCUT2D eigenvalue weighted by molar-refractivity contribution is 0.0778. The molecule has 1 aliphatic carbocycles. The van der Waals surface area contributed by atoms with Crippen molar-refractivity contribution in [1.82, 2.24) is 10.6 Å². The Morgan fingerprint density at radius 3 is 2.47 bits per heavy atom. The van der Waals surface area contributed by atoms with E-state index in [-0.39, 0.29) is 24.0 Å². The second kappa shape index (κ2) is 10.7. The van der Waals surface area contributed by atoms with Gasteiger partial charge in [0.15, 0.2) is 5.96 Å². The van der Waals surface area contributed by atoms with Gasteiger partial charge in [-0.05, 0) is 38.0 Å². The predicted octanol–water partition coefficient (Wildman–Crippen LogP) is 2.78. The Kier molecular flexibility index (Phi) is 10.7. The SMILES string of the molecule is CCCNC(=NCC1(CCOC)CCC1)NCC.I. The van der Waals surface area contributed by atoms with Crippen LogP contribution in [0.4, 0.5) is 0 Å². The zero-order valence-electron chi connectivity index (χ0n) is 12.6. The standard InChI is InChI=1S/C14H29N3O.HI/c1-4-10-16-13(15-5-2)17-12-14(7-6-8-14)9-11-18-3;/h4-12H2,1-3H3,(H2,15,16,17);1H. The highest BCUT2D eigenvalue weighted by Crippen LogP contribution is 2.44.